The number of aliphatic hydroxyl groups excluding tert-OH is 1. The molecule has 4 heteroatoms. The Morgan fingerprint density at radius 2 is 1.50 bits per heavy atom. The van der Waals surface area contributed by atoms with Gasteiger partial charge in [-0.15, -0.1) is 0 Å². The monoisotopic (exact) mass is 416 g/mol. The minimum absolute atomic E-state index is 0. The number of fused-ring (bicyclic) bond motifs is 1. The average molecular weight is 416 g/mol. The number of aliphatic hydroxyl groups is 1. The largest absolute Gasteiger partial charge is 1.00 e. The lowest BCUT2D eigenvalue weighted by Gasteiger charge is -2.01. The van der Waals surface area contributed by atoms with Crippen molar-refractivity contribution >= 4 is 11.0 Å². The van der Waals surface area contributed by atoms with E-state index in [4.69, 9.17) is 5.11 Å². The molecule has 0 aliphatic heterocycles. The van der Waals surface area contributed by atoms with E-state index >= 15 is 0 Å². The molecule has 0 saturated heterocycles. The molecule has 1 N–H and O–H groups in total. The first kappa shape index (κ1) is 19.4. The molecule has 124 valence electrons. The second-order valence-electron chi connectivity index (χ2n) is 5.96. The van der Waals surface area contributed by atoms with Crippen LogP contribution in [-0.4, -0.2) is 16.3 Å². The molecule has 1 aromatic heterocycles. The lowest BCUT2D eigenvalue weighted by molar-refractivity contribution is -0.645. The van der Waals surface area contributed by atoms with Crippen molar-refractivity contribution in [3.63, 3.8) is 0 Å². The van der Waals surface area contributed by atoms with Crippen LogP contribution in [0.2, 0.25) is 0 Å². The summed E-state index contributed by atoms with van der Waals surface area (Å²) in [5.74, 6) is 0. The Morgan fingerprint density at radius 3 is 2.18 bits per heavy atom. The van der Waals surface area contributed by atoms with Gasteiger partial charge >= 0.3 is 0 Å². The minimum Gasteiger partial charge on any atom is -1.00 e. The molecule has 0 atom stereocenters. The summed E-state index contributed by atoms with van der Waals surface area (Å²) < 4.78 is 4.58. The first-order valence-electron chi connectivity index (χ1n) is 8.37. The van der Waals surface area contributed by atoms with Gasteiger partial charge in [0, 0.05) is 6.61 Å². The lowest BCUT2D eigenvalue weighted by atomic mass is 10.1. The van der Waals surface area contributed by atoms with Gasteiger partial charge in [-0.3, -0.25) is 0 Å². The van der Waals surface area contributed by atoms with E-state index in [1.54, 1.807) is 0 Å². The van der Waals surface area contributed by atoms with Gasteiger partial charge in [-0.25, -0.2) is 9.13 Å². The Hall–Kier alpha value is -0.620. The molecule has 22 heavy (non-hydrogen) atoms. The number of imidazole rings is 1. The zero-order valence-corrected chi connectivity index (χ0v) is 15.8. The lowest BCUT2D eigenvalue weighted by Crippen LogP contribution is -3.00. The number of hydrogen-bond acceptors (Lipinski definition) is 1. The topological polar surface area (TPSA) is 29.0 Å². The first-order chi connectivity index (χ1) is 10.3. The maximum atomic E-state index is 8.72. The number of para-hydroxylation sites is 2. The molecule has 1 aromatic carbocycles. The fraction of sp³-hybridized carbons (Fsp3) is 0.611. The van der Waals surface area contributed by atoms with Crippen molar-refractivity contribution < 1.29 is 33.7 Å². The maximum absolute atomic E-state index is 8.72. The highest BCUT2D eigenvalue weighted by atomic mass is 127. The molecule has 2 aromatic rings. The molecule has 0 radical (unpaired) electrons. The van der Waals surface area contributed by atoms with E-state index in [2.05, 4.69) is 46.8 Å². The zero-order chi connectivity index (χ0) is 14.9. The Balaban J connectivity index is 0.00000242. The van der Waals surface area contributed by atoms with Crippen molar-refractivity contribution in [2.24, 2.45) is 7.05 Å². The Morgan fingerprint density at radius 1 is 0.909 bits per heavy atom. The predicted molar refractivity (Wildman–Crippen MR) is 87.1 cm³/mol. The summed E-state index contributed by atoms with van der Waals surface area (Å²) in [7, 11) is 2.12. The fourth-order valence-electron chi connectivity index (χ4n) is 2.97. The van der Waals surface area contributed by atoms with Gasteiger partial charge in [0.05, 0.1) is 13.6 Å². The van der Waals surface area contributed by atoms with Gasteiger partial charge < -0.3 is 29.1 Å². The van der Waals surface area contributed by atoms with Crippen LogP contribution in [0.3, 0.4) is 0 Å². The van der Waals surface area contributed by atoms with Crippen LogP contribution in [0, 0.1) is 0 Å². The molecular weight excluding hydrogens is 387 g/mol. The minimum atomic E-state index is 0. The molecule has 0 aliphatic carbocycles. The average Bonchev–Trinajstić information content (AvgIpc) is 2.83. The van der Waals surface area contributed by atoms with Gasteiger partial charge in [0.1, 0.15) is 0 Å². The van der Waals surface area contributed by atoms with Crippen molar-refractivity contribution in [1.82, 2.24) is 4.57 Å². The fourth-order valence-corrected chi connectivity index (χ4v) is 2.97. The van der Waals surface area contributed by atoms with Crippen molar-refractivity contribution in [2.75, 3.05) is 6.61 Å². The molecule has 0 bridgehead atoms. The molecular formula is C18H29IN2O. The SMILES string of the molecule is C[n+]1cn(CCCCCCCCCCO)c2ccccc21.[I-]. The number of nitrogens with zero attached hydrogens (tertiary/aromatic N) is 2. The van der Waals surface area contributed by atoms with Crippen LogP contribution >= 0.6 is 0 Å². The van der Waals surface area contributed by atoms with Crippen LogP contribution in [-0.2, 0) is 13.6 Å². The highest BCUT2D eigenvalue weighted by molar-refractivity contribution is 5.71. The van der Waals surface area contributed by atoms with E-state index < -0.39 is 0 Å². The zero-order valence-electron chi connectivity index (χ0n) is 13.7. The number of halogens is 1. The second kappa shape index (κ2) is 11.0. The summed E-state index contributed by atoms with van der Waals surface area (Å²) in [6, 6.07) is 8.60. The van der Waals surface area contributed by atoms with Gasteiger partial charge in [0.25, 0.3) is 0 Å². The first-order valence-corrected chi connectivity index (χ1v) is 8.37. The predicted octanol–water partition coefficient (Wildman–Crippen LogP) is 0.583. The summed E-state index contributed by atoms with van der Waals surface area (Å²) in [5.41, 5.74) is 2.64. The normalized spacial score (nSPS) is 10.8. The molecule has 0 fully saturated rings. The number of hydrogen-bond donors (Lipinski definition) is 1. The Labute approximate surface area is 151 Å². The van der Waals surface area contributed by atoms with Crippen LogP contribution in [0.15, 0.2) is 30.6 Å². The van der Waals surface area contributed by atoms with Gasteiger partial charge in [-0.05, 0) is 31.4 Å². The Bertz CT molecular complexity index is 539. The van der Waals surface area contributed by atoms with Gasteiger partial charge in [-0.2, -0.15) is 0 Å². The van der Waals surface area contributed by atoms with Crippen LogP contribution in [0.5, 0.6) is 0 Å². The van der Waals surface area contributed by atoms with Gasteiger partial charge in [-0.1, -0.05) is 44.2 Å². The molecule has 0 aliphatic rings. The van der Waals surface area contributed by atoms with Crippen LogP contribution < -0.4 is 28.5 Å². The smallest absolute Gasteiger partial charge is 0.244 e. The van der Waals surface area contributed by atoms with Gasteiger partial charge in [0.2, 0.25) is 6.33 Å². The quantitative estimate of drug-likeness (QED) is 0.343. The molecule has 0 saturated carbocycles. The molecule has 0 amide bonds. The number of aromatic nitrogens is 2. The summed E-state index contributed by atoms with van der Waals surface area (Å²) in [6.45, 7) is 1.47. The van der Waals surface area contributed by atoms with Gasteiger partial charge in [0.15, 0.2) is 11.0 Å². The van der Waals surface area contributed by atoms with Crippen molar-refractivity contribution in [3.8, 4) is 0 Å². The molecule has 0 spiro atoms. The Kier molecular flexibility index (Phi) is 9.71. The van der Waals surface area contributed by atoms with E-state index in [0.29, 0.717) is 6.61 Å². The number of rotatable bonds is 10. The van der Waals surface area contributed by atoms with E-state index in [0.717, 1.165) is 13.0 Å². The van der Waals surface area contributed by atoms with Crippen molar-refractivity contribution in [1.29, 1.82) is 0 Å². The summed E-state index contributed by atoms with van der Waals surface area (Å²) in [5, 5.41) is 8.72. The summed E-state index contributed by atoms with van der Waals surface area (Å²) >= 11 is 0. The molecule has 3 nitrogen and oxygen atoms in total. The highest BCUT2D eigenvalue weighted by Gasteiger charge is 2.11. The third-order valence-corrected chi connectivity index (χ3v) is 4.19. The maximum Gasteiger partial charge on any atom is 0.244 e. The summed E-state index contributed by atoms with van der Waals surface area (Å²) in [4.78, 5) is 0. The standard InChI is InChI=1S/C18H29N2O.HI/c1-19-16-20(18-13-9-8-12-17(18)19)14-10-6-4-2-3-5-7-11-15-21;/h8-9,12-13,16,21H,2-7,10-11,14-15H2,1H3;1H/q+1;/p-1. The van der Waals surface area contributed by atoms with Crippen molar-refractivity contribution in [3.05, 3.63) is 30.6 Å². The molecule has 2 rings (SSSR count). The van der Waals surface area contributed by atoms with Crippen LogP contribution in [0.25, 0.3) is 11.0 Å². The highest BCUT2D eigenvalue weighted by Crippen LogP contribution is 2.13. The number of aryl methyl sites for hydroxylation is 2. The van der Waals surface area contributed by atoms with Crippen LogP contribution in [0.4, 0.5) is 0 Å². The number of unbranched alkanes of at least 4 members (excludes halogenated alkanes) is 7. The van der Waals surface area contributed by atoms with E-state index in [1.165, 1.54) is 56.0 Å². The van der Waals surface area contributed by atoms with E-state index in [-0.39, 0.29) is 24.0 Å². The van der Waals surface area contributed by atoms with E-state index in [1.807, 2.05) is 0 Å². The second-order valence-corrected chi connectivity index (χ2v) is 5.96. The van der Waals surface area contributed by atoms with Crippen LogP contribution in [0.1, 0.15) is 51.4 Å². The third kappa shape index (κ3) is 5.88. The summed E-state index contributed by atoms with van der Waals surface area (Å²) in [6.07, 6.45) is 12.2. The molecule has 0 unspecified atom stereocenters. The van der Waals surface area contributed by atoms with Crippen molar-refractivity contribution in [2.45, 2.75) is 57.9 Å². The third-order valence-electron chi connectivity index (χ3n) is 4.19. The molecule has 1 heterocycles. The number of benzene rings is 1. The van der Waals surface area contributed by atoms with E-state index in [9.17, 15) is 0 Å².